The number of ether oxygens (including phenoxy) is 1. The van der Waals surface area contributed by atoms with Crippen molar-refractivity contribution in [1.29, 1.82) is 0 Å². The molecule has 2 amide bonds. The molecule has 0 radical (unpaired) electrons. The van der Waals surface area contributed by atoms with Gasteiger partial charge in [-0.2, -0.15) is 0 Å². The van der Waals surface area contributed by atoms with Gasteiger partial charge in [0.15, 0.2) is 0 Å². The highest BCUT2D eigenvalue weighted by Crippen LogP contribution is 2.45. The average Bonchev–Trinajstić information content (AvgIpc) is 2.93. The van der Waals surface area contributed by atoms with Crippen LogP contribution in [0.5, 0.6) is 0 Å². The fourth-order valence-corrected chi connectivity index (χ4v) is 4.28. The number of rotatable bonds is 2. The van der Waals surface area contributed by atoms with E-state index in [0.29, 0.717) is 26.3 Å². The molecule has 2 aliphatic rings. The molecule has 1 spiro atoms. The molecule has 1 atom stereocenters. The molecule has 5 heteroatoms. The molecular formula is C20H28N2O3. The van der Waals surface area contributed by atoms with Gasteiger partial charge in [-0.05, 0) is 38.3 Å². The Labute approximate surface area is 149 Å². The zero-order chi connectivity index (χ0) is 18.2. The number of amides is 2. The monoisotopic (exact) mass is 344 g/mol. The fraction of sp³-hybridized carbons (Fsp3) is 0.600. The molecule has 136 valence electrons. The summed E-state index contributed by atoms with van der Waals surface area (Å²) in [5, 5.41) is 0. The lowest BCUT2D eigenvalue weighted by atomic mass is 9.71. The van der Waals surface area contributed by atoms with E-state index < -0.39 is 0 Å². The quantitative estimate of drug-likeness (QED) is 0.827. The van der Waals surface area contributed by atoms with Gasteiger partial charge in [0.05, 0.1) is 5.92 Å². The van der Waals surface area contributed by atoms with Gasteiger partial charge in [-0.15, -0.1) is 0 Å². The molecule has 1 unspecified atom stereocenters. The highest BCUT2D eigenvalue weighted by Gasteiger charge is 2.52. The summed E-state index contributed by atoms with van der Waals surface area (Å²) >= 11 is 0. The van der Waals surface area contributed by atoms with Crippen LogP contribution in [0.1, 0.15) is 34.3 Å². The molecule has 0 saturated carbocycles. The van der Waals surface area contributed by atoms with Gasteiger partial charge in [0.2, 0.25) is 5.91 Å². The Bertz CT molecular complexity index is 678. The molecule has 0 aromatic heterocycles. The normalized spacial score (nSPS) is 22.2. The molecule has 0 N–H and O–H groups in total. The maximum Gasteiger partial charge on any atom is 0.254 e. The fourth-order valence-electron chi connectivity index (χ4n) is 4.28. The van der Waals surface area contributed by atoms with Crippen LogP contribution in [-0.2, 0) is 9.53 Å². The third-order valence-corrected chi connectivity index (χ3v) is 5.77. The van der Waals surface area contributed by atoms with Gasteiger partial charge in [0.25, 0.3) is 5.91 Å². The number of hydrogen-bond donors (Lipinski definition) is 0. The summed E-state index contributed by atoms with van der Waals surface area (Å²) in [7, 11) is 3.59. The van der Waals surface area contributed by atoms with Gasteiger partial charge in [-0.25, -0.2) is 0 Å². The Balaban J connectivity index is 1.88. The van der Waals surface area contributed by atoms with E-state index in [1.165, 1.54) is 0 Å². The van der Waals surface area contributed by atoms with Crippen LogP contribution in [0.2, 0.25) is 0 Å². The van der Waals surface area contributed by atoms with Crippen LogP contribution in [0.3, 0.4) is 0 Å². The van der Waals surface area contributed by atoms with E-state index in [0.717, 1.165) is 29.5 Å². The van der Waals surface area contributed by atoms with Gasteiger partial charge in [-0.1, -0.05) is 17.7 Å². The first-order valence-electron chi connectivity index (χ1n) is 8.99. The molecule has 2 saturated heterocycles. The molecule has 2 fully saturated rings. The van der Waals surface area contributed by atoms with Crippen molar-refractivity contribution in [2.75, 3.05) is 40.4 Å². The summed E-state index contributed by atoms with van der Waals surface area (Å²) < 4.78 is 5.53. The third-order valence-electron chi connectivity index (χ3n) is 5.77. The molecule has 25 heavy (non-hydrogen) atoms. The van der Waals surface area contributed by atoms with E-state index in [-0.39, 0.29) is 23.1 Å². The Morgan fingerprint density at radius 3 is 2.48 bits per heavy atom. The van der Waals surface area contributed by atoms with Crippen molar-refractivity contribution in [3.05, 3.63) is 34.9 Å². The van der Waals surface area contributed by atoms with Crippen LogP contribution < -0.4 is 0 Å². The number of carbonyl (C=O) groups excluding carboxylic acids is 2. The van der Waals surface area contributed by atoms with E-state index in [9.17, 15) is 9.59 Å². The number of carbonyl (C=O) groups is 2. The van der Waals surface area contributed by atoms with Crippen LogP contribution in [0.4, 0.5) is 0 Å². The summed E-state index contributed by atoms with van der Waals surface area (Å²) in [5.41, 5.74) is 2.74. The zero-order valence-corrected chi connectivity index (χ0v) is 15.7. The topological polar surface area (TPSA) is 49.9 Å². The van der Waals surface area contributed by atoms with Crippen LogP contribution in [0, 0.1) is 25.2 Å². The number of aryl methyl sites for hydroxylation is 2. The van der Waals surface area contributed by atoms with Crippen LogP contribution in [0.15, 0.2) is 18.2 Å². The van der Waals surface area contributed by atoms with Crippen molar-refractivity contribution in [2.45, 2.75) is 26.7 Å². The largest absolute Gasteiger partial charge is 0.381 e. The highest BCUT2D eigenvalue weighted by molar-refractivity contribution is 5.96. The van der Waals surface area contributed by atoms with Crippen LogP contribution in [-0.4, -0.2) is 62.0 Å². The first kappa shape index (κ1) is 17.9. The first-order valence-corrected chi connectivity index (χ1v) is 8.99. The van der Waals surface area contributed by atoms with Crippen molar-refractivity contribution < 1.29 is 14.3 Å². The number of benzene rings is 1. The molecule has 3 rings (SSSR count). The molecule has 0 bridgehead atoms. The van der Waals surface area contributed by atoms with Crippen molar-refractivity contribution in [3.63, 3.8) is 0 Å². The molecule has 5 nitrogen and oxygen atoms in total. The summed E-state index contributed by atoms with van der Waals surface area (Å²) in [6.07, 6.45) is 1.68. The standard InChI is InChI=1S/C20H28N2O3/c1-14-5-6-16(15(2)11-14)18(23)22-12-17(19(24)21(3)4)20(13-22)7-9-25-10-8-20/h5-6,11,17H,7-10,12-13H2,1-4H3. The SMILES string of the molecule is Cc1ccc(C(=O)N2CC(C(=O)N(C)C)C3(CCOCC3)C2)c(C)c1. The van der Waals surface area contributed by atoms with E-state index in [1.54, 1.807) is 19.0 Å². The van der Waals surface area contributed by atoms with Crippen molar-refractivity contribution in [1.82, 2.24) is 9.80 Å². The lowest BCUT2D eigenvalue weighted by Gasteiger charge is -2.38. The Morgan fingerprint density at radius 2 is 1.88 bits per heavy atom. The summed E-state index contributed by atoms with van der Waals surface area (Å²) in [6.45, 7) is 6.49. The Kier molecular flexibility index (Phi) is 4.87. The minimum atomic E-state index is -0.145. The van der Waals surface area contributed by atoms with Crippen molar-refractivity contribution >= 4 is 11.8 Å². The van der Waals surface area contributed by atoms with Gasteiger partial charge in [0.1, 0.15) is 0 Å². The first-order chi connectivity index (χ1) is 11.8. The van der Waals surface area contributed by atoms with Gasteiger partial charge < -0.3 is 14.5 Å². The average molecular weight is 344 g/mol. The molecule has 2 aliphatic heterocycles. The van der Waals surface area contributed by atoms with Gasteiger partial charge in [0, 0.05) is 51.4 Å². The minimum absolute atomic E-state index is 0.0393. The van der Waals surface area contributed by atoms with Crippen LogP contribution >= 0.6 is 0 Å². The molecule has 1 aromatic rings. The second-order valence-corrected chi connectivity index (χ2v) is 7.76. The highest BCUT2D eigenvalue weighted by atomic mass is 16.5. The Morgan fingerprint density at radius 1 is 1.20 bits per heavy atom. The van der Waals surface area contributed by atoms with E-state index in [1.807, 2.05) is 36.9 Å². The van der Waals surface area contributed by atoms with Crippen molar-refractivity contribution in [3.8, 4) is 0 Å². The predicted octanol–water partition coefficient (Wildman–Crippen LogP) is 2.26. The third kappa shape index (κ3) is 3.30. The summed E-state index contributed by atoms with van der Waals surface area (Å²) in [4.78, 5) is 29.4. The zero-order valence-electron chi connectivity index (χ0n) is 15.7. The van der Waals surface area contributed by atoms with E-state index in [4.69, 9.17) is 4.74 Å². The summed E-state index contributed by atoms with van der Waals surface area (Å²) in [6, 6.07) is 5.92. The van der Waals surface area contributed by atoms with Crippen LogP contribution in [0.25, 0.3) is 0 Å². The van der Waals surface area contributed by atoms with Gasteiger partial charge in [-0.3, -0.25) is 9.59 Å². The summed E-state index contributed by atoms with van der Waals surface area (Å²) in [5.74, 6) is 0.0244. The number of hydrogen-bond acceptors (Lipinski definition) is 3. The van der Waals surface area contributed by atoms with Gasteiger partial charge >= 0.3 is 0 Å². The molecule has 2 heterocycles. The van der Waals surface area contributed by atoms with Crippen molar-refractivity contribution in [2.24, 2.45) is 11.3 Å². The maximum absolute atomic E-state index is 13.1. The number of nitrogens with zero attached hydrogens (tertiary/aromatic N) is 2. The number of likely N-dealkylation sites (tertiary alicyclic amines) is 1. The molecule has 0 aliphatic carbocycles. The smallest absolute Gasteiger partial charge is 0.254 e. The molecular weight excluding hydrogens is 316 g/mol. The maximum atomic E-state index is 13.1. The lowest BCUT2D eigenvalue weighted by molar-refractivity contribution is -0.138. The predicted molar refractivity (Wildman–Crippen MR) is 96.5 cm³/mol. The van der Waals surface area contributed by atoms with E-state index in [2.05, 4.69) is 0 Å². The minimum Gasteiger partial charge on any atom is -0.381 e. The second-order valence-electron chi connectivity index (χ2n) is 7.76. The second kappa shape index (κ2) is 6.79. The Hall–Kier alpha value is -1.88. The molecule has 1 aromatic carbocycles. The lowest BCUT2D eigenvalue weighted by Crippen LogP contribution is -2.44. The van der Waals surface area contributed by atoms with E-state index >= 15 is 0 Å².